The van der Waals surface area contributed by atoms with Crippen LogP contribution >= 0.6 is 23.2 Å². The molecule has 1 aromatic rings. The Labute approximate surface area is 115 Å². The van der Waals surface area contributed by atoms with Crippen molar-refractivity contribution in [2.75, 3.05) is 11.9 Å². The summed E-state index contributed by atoms with van der Waals surface area (Å²) >= 11 is 11.6. The third-order valence-corrected chi connectivity index (χ3v) is 3.57. The molecule has 6 heteroatoms. The maximum absolute atomic E-state index is 12.0. The number of halogens is 2. The molecule has 1 aliphatic rings. The monoisotopic (exact) mass is 289 g/mol. The minimum absolute atomic E-state index is 0.0898. The van der Waals surface area contributed by atoms with Crippen LogP contribution in [-0.4, -0.2) is 23.7 Å². The van der Waals surface area contributed by atoms with E-state index in [0.29, 0.717) is 18.7 Å². The second-order valence-corrected chi connectivity index (χ2v) is 5.06. The molecule has 0 aromatic heterocycles. The van der Waals surface area contributed by atoms with Crippen LogP contribution in [0.1, 0.15) is 13.3 Å². The highest BCUT2D eigenvalue weighted by molar-refractivity contribution is 6.37. The number of benzene rings is 1. The number of carbonyl (C=O) groups is 1. The van der Waals surface area contributed by atoms with Crippen molar-refractivity contribution in [3.8, 4) is 5.75 Å². The third-order valence-electron chi connectivity index (χ3n) is 3.00. The van der Waals surface area contributed by atoms with Crippen LogP contribution in [0, 0.1) is 5.92 Å². The number of anilines is 1. The first-order valence-electron chi connectivity index (χ1n) is 5.59. The maximum Gasteiger partial charge on any atom is 0.230 e. The lowest BCUT2D eigenvalue weighted by Gasteiger charge is -2.14. The molecule has 0 bridgehead atoms. The quantitative estimate of drug-likeness (QED) is 0.823. The van der Waals surface area contributed by atoms with Gasteiger partial charge in [-0.15, -0.1) is 0 Å². The molecule has 2 rings (SSSR count). The average Bonchev–Trinajstić information content (AvgIpc) is 2.72. The summed E-state index contributed by atoms with van der Waals surface area (Å²) in [7, 11) is 0. The van der Waals surface area contributed by atoms with E-state index in [-0.39, 0.29) is 33.7 Å². The number of hydrogen-bond acceptors (Lipinski definition) is 3. The predicted molar refractivity (Wildman–Crippen MR) is 70.3 cm³/mol. The van der Waals surface area contributed by atoms with Crippen molar-refractivity contribution in [1.29, 1.82) is 0 Å². The molecule has 1 aromatic carbocycles. The summed E-state index contributed by atoms with van der Waals surface area (Å²) in [5.41, 5.74) is 0.465. The number of hydrogen-bond donors (Lipinski definition) is 2. The summed E-state index contributed by atoms with van der Waals surface area (Å²) in [5, 5.41) is 12.4. The molecule has 1 aliphatic heterocycles. The first kappa shape index (κ1) is 13.5. The normalized spacial score (nSPS) is 23.1. The molecule has 2 atom stereocenters. The average molecular weight is 290 g/mol. The highest BCUT2D eigenvalue weighted by atomic mass is 35.5. The van der Waals surface area contributed by atoms with E-state index in [0.717, 1.165) is 0 Å². The summed E-state index contributed by atoms with van der Waals surface area (Å²) in [6.45, 7) is 2.46. The molecular formula is C12H13Cl2NO3. The fourth-order valence-corrected chi connectivity index (χ4v) is 2.44. The van der Waals surface area contributed by atoms with Gasteiger partial charge in [0.25, 0.3) is 0 Å². The smallest absolute Gasteiger partial charge is 0.230 e. The Balaban J connectivity index is 2.12. The number of ether oxygens (including phenoxy) is 1. The molecule has 18 heavy (non-hydrogen) atoms. The SMILES string of the molecule is CC1OCCC1C(=O)Nc1cc(Cl)c(O)c(Cl)c1. The van der Waals surface area contributed by atoms with Crippen LogP contribution in [0.15, 0.2) is 12.1 Å². The Morgan fingerprint density at radius 1 is 1.44 bits per heavy atom. The van der Waals surface area contributed by atoms with Gasteiger partial charge in [0.1, 0.15) is 0 Å². The lowest BCUT2D eigenvalue weighted by atomic mass is 10.0. The van der Waals surface area contributed by atoms with Gasteiger partial charge in [0, 0.05) is 12.3 Å². The fraction of sp³-hybridized carbons (Fsp3) is 0.417. The molecule has 1 amide bonds. The first-order chi connectivity index (χ1) is 8.49. The van der Waals surface area contributed by atoms with Crippen LogP contribution in [0.5, 0.6) is 5.75 Å². The van der Waals surface area contributed by atoms with Gasteiger partial charge in [0.2, 0.25) is 5.91 Å². The van der Waals surface area contributed by atoms with Gasteiger partial charge < -0.3 is 15.2 Å². The molecule has 98 valence electrons. The van der Waals surface area contributed by atoms with Crippen molar-refractivity contribution in [3.63, 3.8) is 0 Å². The third kappa shape index (κ3) is 2.71. The molecule has 0 radical (unpaired) electrons. The summed E-state index contributed by atoms with van der Waals surface area (Å²) in [6.07, 6.45) is 0.611. The number of amides is 1. The minimum Gasteiger partial charge on any atom is -0.505 e. The maximum atomic E-state index is 12.0. The van der Waals surface area contributed by atoms with Crippen molar-refractivity contribution < 1.29 is 14.6 Å². The lowest BCUT2D eigenvalue weighted by molar-refractivity contribution is -0.121. The Hall–Kier alpha value is -0.970. The van der Waals surface area contributed by atoms with Gasteiger partial charge in [0.05, 0.1) is 22.1 Å². The van der Waals surface area contributed by atoms with Crippen molar-refractivity contribution in [2.24, 2.45) is 5.92 Å². The van der Waals surface area contributed by atoms with E-state index in [9.17, 15) is 9.90 Å². The minimum atomic E-state index is -0.186. The number of phenolic OH excluding ortho intramolecular Hbond substituents is 1. The molecule has 1 saturated heterocycles. The molecule has 0 aliphatic carbocycles. The molecule has 0 saturated carbocycles. The summed E-state index contributed by atoms with van der Waals surface area (Å²) in [5.74, 6) is -0.483. The molecule has 2 unspecified atom stereocenters. The van der Waals surface area contributed by atoms with E-state index in [1.165, 1.54) is 12.1 Å². The Morgan fingerprint density at radius 3 is 2.56 bits per heavy atom. The van der Waals surface area contributed by atoms with E-state index in [1.54, 1.807) is 0 Å². The highest BCUT2D eigenvalue weighted by Gasteiger charge is 2.30. The van der Waals surface area contributed by atoms with Gasteiger partial charge in [-0.05, 0) is 25.5 Å². The van der Waals surface area contributed by atoms with Gasteiger partial charge in [0.15, 0.2) is 5.75 Å². The molecular weight excluding hydrogens is 277 g/mol. The van der Waals surface area contributed by atoms with Gasteiger partial charge >= 0.3 is 0 Å². The van der Waals surface area contributed by atoms with Crippen LogP contribution in [0.25, 0.3) is 0 Å². The van der Waals surface area contributed by atoms with E-state index < -0.39 is 0 Å². The summed E-state index contributed by atoms with van der Waals surface area (Å²) < 4.78 is 5.34. The van der Waals surface area contributed by atoms with Crippen molar-refractivity contribution in [2.45, 2.75) is 19.4 Å². The predicted octanol–water partition coefficient (Wildman–Crippen LogP) is 3.06. The first-order valence-corrected chi connectivity index (χ1v) is 6.35. The summed E-state index contributed by atoms with van der Waals surface area (Å²) in [4.78, 5) is 12.0. The number of rotatable bonds is 2. The molecule has 1 heterocycles. The van der Waals surface area contributed by atoms with E-state index in [1.807, 2.05) is 6.92 Å². The zero-order valence-corrected chi connectivity index (χ0v) is 11.3. The second-order valence-electron chi connectivity index (χ2n) is 4.25. The van der Waals surface area contributed by atoms with Crippen LogP contribution < -0.4 is 5.32 Å². The number of phenols is 1. The van der Waals surface area contributed by atoms with Gasteiger partial charge in [-0.3, -0.25) is 4.79 Å². The molecule has 1 fully saturated rings. The van der Waals surface area contributed by atoms with Crippen molar-refractivity contribution >= 4 is 34.8 Å². The molecule has 0 spiro atoms. The van der Waals surface area contributed by atoms with Crippen LogP contribution in [-0.2, 0) is 9.53 Å². The standard InChI is InChI=1S/C12H13Cl2NO3/c1-6-8(2-3-18-6)12(17)15-7-4-9(13)11(16)10(14)5-7/h4-6,8,16H,2-3H2,1H3,(H,15,17). The van der Waals surface area contributed by atoms with Gasteiger partial charge in [-0.25, -0.2) is 0 Å². The van der Waals surface area contributed by atoms with Crippen molar-refractivity contribution in [1.82, 2.24) is 0 Å². The number of carbonyl (C=O) groups excluding carboxylic acids is 1. The molecule has 4 nitrogen and oxygen atoms in total. The largest absolute Gasteiger partial charge is 0.505 e. The van der Waals surface area contributed by atoms with Gasteiger partial charge in [-0.2, -0.15) is 0 Å². The Kier molecular flexibility index (Phi) is 4.00. The number of nitrogens with one attached hydrogen (secondary N) is 1. The van der Waals surface area contributed by atoms with Crippen LogP contribution in [0.3, 0.4) is 0 Å². The molecule has 2 N–H and O–H groups in total. The summed E-state index contributed by atoms with van der Waals surface area (Å²) in [6, 6.07) is 2.92. The zero-order chi connectivity index (χ0) is 13.3. The van der Waals surface area contributed by atoms with Gasteiger partial charge in [-0.1, -0.05) is 23.2 Å². The second kappa shape index (κ2) is 5.34. The van der Waals surface area contributed by atoms with E-state index in [2.05, 4.69) is 5.32 Å². The zero-order valence-electron chi connectivity index (χ0n) is 9.74. The Morgan fingerprint density at radius 2 is 2.06 bits per heavy atom. The van der Waals surface area contributed by atoms with Crippen molar-refractivity contribution in [3.05, 3.63) is 22.2 Å². The fourth-order valence-electron chi connectivity index (χ4n) is 1.95. The van der Waals surface area contributed by atoms with Crippen LogP contribution in [0.4, 0.5) is 5.69 Å². The Bertz CT molecular complexity index is 455. The van der Waals surface area contributed by atoms with E-state index in [4.69, 9.17) is 27.9 Å². The topological polar surface area (TPSA) is 58.6 Å². The lowest BCUT2D eigenvalue weighted by Crippen LogP contribution is -2.27. The van der Waals surface area contributed by atoms with Crippen LogP contribution in [0.2, 0.25) is 10.0 Å². The highest BCUT2D eigenvalue weighted by Crippen LogP contribution is 2.35. The number of aromatic hydroxyl groups is 1. The van der Waals surface area contributed by atoms with E-state index >= 15 is 0 Å².